The van der Waals surface area contributed by atoms with Gasteiger partial charge in [-0.3, -0.25) is 9.69 Å². The molecule has 1 N–H and O–H groups in total. The van der Waals surface area contributed by atoms with Crippen LogP contribution in [0.5, 0.6) is 0 Å². The van der Waals surface area contributed by atoms with E-state index in [0.29, 0.717) is 37.5 Å². The molecule has 1 aromatic heterocycles. The van der Waals surface area contributed by atoms with Gasteiger partial charge in [0.25, 0.3) is 0 Å². The maximum Gasteiger partial charge on any atom is 0.243 e. The van der Waals surface area contributed by atoms with Gasteiger partial charge in [0.1, 0.15) is 5.76 Å². The van der Waals surface area contributed by atoms with Gasteiger partial charge in [0.15, 0.2) is 0 Å². The Morgan fingerprint density at radius 2 is 1.90 bits per heavy atom. The van der Waals surface area contributed by atoms with Crippen molar-refractivity contribution in [2.24, 2.45) is 5.92 Å². The molecule has 1 aromatic carbocycles. The van der Waals surface area contributed by atoms with Gasteiger partial charge in [-0.05, 0) is 63.3 Å². The number of hydrogen-bond acceptors (Lipinski definition) is 5. The Kier molecular flexibility index (Phi) is 7.00. The molecule has 1 unspecified atom stereocenters. The van der Waals surface area contributed by atoms with Crippen molar-refractivity contribution in [3.05, 3.63) is 53.4 Å². The molecule has 2 heterocycles. The van der Waals surface area contributed by atoms with Crippen LogP contribution in [0.3, 0.4) is 0 Å². The second-order valence-corrected chi connectivity index (χ2v) is 9.75. The second-order valence-electron chi connectivity index (χ2n) is 7.37. The maximum absolute atomic E-state index is 12.8. The Morgan fingerprint density at radius 3 is 2.45 bits per heavy atom. The van der Waals surface area contributed by atoms with Crippen molar-refractivity contribution in [2.75, 3.05) is 33.7 Å². The molecule has 9 heteroatoms. The lowest BCUT2D eigenvalue weighted by Crippen LogP contribution is -2.44. The van der Waals surface area contributed by atoms with Crippen LogP contribution in [-0.2, 0) is 14.8 Å². The smallest absolute Gasteiger partial charge is 0.243 e. The normalized spacial score (nSPS) is 17.4. The average molecular weight is 440 g/mol. The SMILES string of the molecule is CN(C)C(CNC(=O)C1CCN(S(=O)(=O)c2ccc(Cl)cc2)CC1)c1ccco1. The van der Waals surface area contributed by atoms with Gasteiger partial charge in [-0.1, -0.05) is 11.6 Å². The van der Waals surface area contributed by atoms with Crippen LogP contribution in [0.1, 0.15) is 24.6 Å². The zero-order chi connectivity index (χ0) is 21.0. The van der Waals surface area contributed by atoms with Crippen molar-refractivity contribution in [1.29, 1.82) is 0 Å². The van der Waals surface area contributed by atoms with E-state index in [0.717, 1.165) is 5.76 Å². The lowest BCUT2D eigenvalue weighted by atomic mass is 9.97. The number of sulfonamides is 1. The predicted octanol–water partition coefficient (Wildman–Crippen LogP) is 2.75. The van der Waals surface area contributed by atoms with Crippen LogP contribution < -0.4 is 5.32 Å². The minimum Gasteiger partial charge on any atom is -0.468 e. The number of halogens is 1. The molecule has 1 aliphatic rings. The summed E-state index contributed by atoms with van der Waals surface area (Å²) in [7, 11) is 0.289. The first-order chi connectivity index (χ1) is 13.8. The molecule has 7 nitrogen and oxygen atoms in total. The number of rotatable bonds is 7. The number of carbonyl (C=O) groups is 1. The summed E-state index contributed by atoms with van der Waals surface area (Å²) >= 11 is 5.84. The fourth-order valence-corrected chi connectivity index (χ4v) is 5.07. The van der Waals surface area contributed by atoms with Crippen molar-refractivity contribution in [1.82, 2.24) is 14.5 Å². The van der Waals surface area contributed by atoms with Gasteiger partial charge in [0, 0.05) is 30.6 Å². The van der Waals surface area contributed by atoms with Crippen LogP contribution in [0, 0.1) is 5.92 Å². The Morgan fingerprint density at radius 1 is 1.24 bits per heavy atom. The summed E-state index contributed by atoms with van der Waals surface area (Å²) in [5, 5.41) is 3.48. The van der Waals surface area contributed by atoms with E-state index >= 15 is 0 Å². The fourth-order valence-electron chi connectivity index (χ4n) is 3.47. The summed E-state index contributed by atoms with van der Waals surface area (Å²) in [6.45, 7) is 1.07. The zero-order valence-corrected chi connectivity index (χ0v) is 18.1. The largest absolute Gasteiger partial charge is 0.468 e. The average Bonchev–Trinajstić information content (AvgIpc) is 3.22. The predicted molar refractivity (Wildman–Crippen MR) is 111 cm³/mol. The summed E-state index contributed by atoms with van der Waals surface area (Å²) in [4.78, 5) is 14.8. The molecule has 1 fully saturated rings. The minimum atomic E-state index is -3.57. The third-order valence-corrected chi connectivity index (χ3v) is 7.41. The van der Waals surface area contributed by atoms with Crippen molar-refractivity contribution >= 4 is 27.5 Å². The molecular formula is C20H26ClN3O4S. The molecule has 3 rings (SSSR count). The van der Waals surface area contributed by atoms with Crippen LogP contribution >= 0.6 is 11.6 Å². The van der Waals surface area contributed by atoms with Gasteiger partial charge in [0.2, 0.25) is 15.9 Å². The van der Waals surface area contributed by atoms with Crippen LogP contribution in [-0.4, -0.2) is 57.3 Å². The molecule has 2 aromatic rings. The van der Waals surface area contributed by atoms with Crippen molar-refractivity contribution in [3.63, 3.8) is 0 Å². The molecule has 1 saturated heterocycles. The minimum absolute atomic E-state index is 0.0491. The van der Waals surface area contributed by atoms with E-state index < -0.39 is 10.0 Å². The van der Waals surface area contributed by atoms with Crippen molar-refractivity contribution < 1.29 is 17.6 Å². The van der Waals surface area contributed by atoms with E-state index in [1.54, 1.807) is 18.4 Å². The number of likely N-dealkylation sites (N-methyl/N-ethyl adjacent to an activating group) is 1. The highest BCUT2D eigenvalue weighted by molar-refractivity contribution is 7.89. The van der Waals surface area contributed by atoms with Crippen LogP contribution in [0.2, 0.25) is 5.02 Å². The third-order valence-electron chi connectivity index (χ3n) is 5.24. The number of benzene rings is 1. The highest BCUT2D eigenvalue weighted by Crippen LogP contribution is 2.25. The Bertz CT molecular complexity index is 906. The maximum atomic E-state index is 12.8. The standard InChI is InChI=1S/C20H26ClN3O4S/c1-23(2)18(19-4-3-13-28-19)14-22-20(25)15-9-11-24(12-10-15)29(26,27)17-7-5-16(21)6-8-17/h3-8,13,15,18H,9-12,14H2,1-2H3,(H,22,25). The topological polar surface area (TPSA) is 82.9 Å². The van der Waals surface area contributed by atoms with Crippen LogP contribution in [0.15, 0.2) is 52.0 Å². The Hall–Kier alpha value is -1.87. The molecule has 1 aliphatic heterocycles. The van der Waals surface area contributed by atoms with E-state index in [2.05, 4.69) is 5.32 Å². The molecular weight excluding hydrogens is 414 g/mol. The molecule has 1 atom stereocenters. The molecule has 158 valence electrons. The van der Waals surface area contributed by atoms with Gasteiger partial charge in [-0.2, -0.15) is 4.31 Å². The Balaban J connectivity index is 1.54. The molecule has 0 spiro atoms. The number of nitrogens with zero attached hydrogens (tertiary/aromatic N) is 2. The zero-order valence-electron chi connectivity index (χ0n) is 16.5. The number of amides is 1. The number of piperidine rings is 1. The van der Waals surface area contributed by atoms with E-state index in [-0.39, 0.29) is 22.8 Å². The lowest BCUT2D eigenvalue weighted by molar-refractivity contribution is -0.126. The van der Waals surface area contributed by atoms with E-state index in [9.17, 15) is 13.2 Å². The van der Waals surface area contributed by atoms with Gasteiger partial charge in [-0.25, -0.2) is 8.42 Å². The number of carbonyl (C=O) groups excluding carboxylic acids is 1. The summed E-state index contributed by atoms with van der Waals surface area (Å²) in [6.07, 6.45) is 2.60. The van der Waals surface area contributed by atoms with Crippen molar-refractivity contribution in [3.8, 4) is 0 Å². The van der Waals surface area contributed by atoms with Crippen LogP contribution in [0.4, 0.5) is 0 Å². The van der Waals surface area contributed by atoms with E-state index in [1.807, 2.05) is 31.1 Å². The quantitative estimate of drug-likeness (QED) is 0.717. The van der Waals surface area contributed by atoms with Crippen molar-refractivity contribution in [2.45, 2.75) is 23.8 Å². The molecule has 0 radical (unpaired) electrons. The number of furan rings is 1. The summed E-state index contributed by atoms with van der Waals surface area (Å²) in [5.74, 6) is 0.539. The molecule has 0 saturated carbocycles. The van der Waals surface area contributed by atoms with E-state index in [1.165, 1.54) is 16.4 Å². The first-order valence-electron chi connectivity index (χ1n) is 9.52. The molecule has 0 bridgehead atoms. The first kappa shape index (κ1) is 21.8. The summed E-state index contributed by atoms with van der Waals surface area (Å²) in [5.41, 5.74) is 0. The monoisotopic (exact) mass is 439 g/mol. The highest BCUT2D eigenvalue weighted by Gasteiger charge is 2.32. The van der Waals surface area contributed by atoms with Gasteiger partial charge >= 0.3 is 0 Å². The third kappa shape index (κ3) is 5.19. The summed E-state index contributed by atoms with van der Waals surface area (Å²) < 4.78 is 32.4. The van der Waals surface area contributed by atoms with E-state index in [4.69, 9.17) is 16.0 Å². The first-order valence-corrected chi connectivity index (χ1v) is 11.3. The lowest BCUT2D eigenvalue weighted by Gasteiger charge is -2.31. The Labute approximate surface area is 176 Å². The second kappa shape index (κ2) is 9.30. The number of hydrogen-bond donors (Lipinski definition) is 1. The van der Waals surface area contributed by atoms with Gasteiger partial charge in [-0.15, -0.1) is 0 Å². The summed E-state index contributed by atoms with van der Waals surface area (Å²) in [6, 6.07) is 9.80. The van der Waals surface area contributed by atoms with Gasteiger partial charge in [0.05, 0.1) is 17.2 Å². The molecule has 1 amide bonds. The molecule has 0 aliphatic carbocycles. The highest BCUT2D eigenvalue weighted by atomic mass is 35.5. The van der Waals surface area contributed by atoms with Crippen LogP contribution in [0.25, 0.3) is 0 Å². The molecule has 29 heavy (non-hydrogen) atoms. The number of nitrogens with one attached hydrogen (secondary N) is 1. The van der Waals surface area contributed by atoms with Gasteiger partial charge < -0.3 is 9.73 Å². The fraction of sp³-hybridized carbons (Fsp3) is 0.450.